The van der Waals surface area contributed by atoms with Gasteiger partial charge < -0.3 is 31.1 Å². The minimum absolute atomic E-state index is 0.0478. The molecule has 12 heteroatoms. The van der Waals surface area contributed by atoms with E-state index in [-0.39, 0.29) is 19.3 Å². The Balaban J connectivity index is 1.36. The SMILES string of the molecule is CC(c1cccs1)C1NC(=O)COc2ccc(cc2)CC(C(=O)O)NC(=O)C(Cc2ccccc2)NC(=O)C(Cc2ccc(-c3ccccc3)cc2)NC1=O. The van der Waals surface area contributed by atoms with Crippen LogP contribution in [-0.2, 0) is 43.2 Å². The molecule has 282 valence electrons. The van der Waals surface area contributed by atoms with E-state index in [2.05, 4.69) is 21.3 Å². The minimum Gasteiger partial charge on any atom is -0.484 e. The maximum atomic E-state index is 14.4. The largest absolute Gasteiger partial charge is 0.484 e. The van der Waals surface area contributed by atoms with Gasteiger partial charge in [-0.1, -0.05) is 110 Å². The van der Waals surface area contributed by atoms with Crippen molar-refractivity contribution >= 4 is 40.9 Å². The van der Waals surface area contributed by atoms with Crippen molar-refractivity contribution in [3.05, 3.63) is 148 Å². The molecular weight excluding hydrogens is 717 g/mol. The highest BCUT2D eigenvalue weighted by Gasteiger charge is 2.34. The summed E-state index contributed by atoms with van der Waals surface area (Å²) in [6.45, 7) is 1.43. The molecule has 3 heterocycles. The number of carboxylic acid groups (broad SMARTS) is 1. The summed E-state index contributed by atoms with van der Waals surface area (Å²) < 4.78 is 5.72. The van der Waals surface area contributed by atoms with Crippen LogP contribution in [0.5, 0.6) is 5.75 Å². The topological polar surface area (TPSA) is 163 Å². The van der Waals surface area contributed by atoms with E-state index >= 15 is 0 Å². The number of carbonyl (C=O) groups excluding carboxylic acids is 4. The fourth-order valence-electron chi connectivity index (χ4n) is 6.43. The zero-order chi connectivity index (χ0) is 38.7. The van der Waals surface area contributed by atoms with Crippen molar-refractivity contribution in [3.63, 3.8) is 0 Å². The van der Waals surface area contributed by atoms with Gasteiger partial charge in [0.2, 0.25) is 17.7 Å². The Morgan fingerprint density at radius 1 is 0.691 bits per heavy atom. The summed E-state index contributed by atoms with van der Waals surface area (Å²) >= 11 is 1.44. The van der Waals surface area contributed by atoms with Gasteiger partial charge in [0.25, 0.3) is 5.91 Å². The van der Waals surface area contributed by atoms with Crippen molar-refractivity contribution in [3.8, 4) is 16.9 Å². The van der Waals surface area contributed by atoms with Crippen LogP contribution in [0.15, 0.2) is 127 Å². The lowest BCUT2D eigenvalue weighted by Crippen LogP contribution is -2.59. The van der Waals surface area contributed by atoms with E-state index in [4.69, 9.17) is 4.74 Å². The monoisotopic (exact) mass is 758 g/mol. The van der Waals surface area contributed by atoms with E-state index in [1.165, 1.54) is 11.3 Å². The second-order valence-corrected chi connectivity index (χ2v) is 14.4. The molecule has 0 radical (unpaired) electrons. The summed E-state index contributed by atoms with van der Waals surface area (Å²) in [5.74, 6) is -3.88. The van der Waals surface area contributed by atoms with Gasteiger partial charge in [0, 0.05) is 30.1 Å². The van der Waals surface area contributed by atoms with Crippen LogP contribution in [0.25, 0.3) is 11.1 Å². The molecule has 0 aliphatic carbocycles. The number of benzene rings is 4. The second kappa shape index (κ2) is 18.2. The van der Waals surface area contributed by atoms with Gasteiger partial charge in [-0.25, -0.2) is 4.79 Å². The molecule has 2 aliphatic rings. The molecule has 11 nitrogen and oxygen atoms in total. The van der Waals surface area contributed by atoms with Crippen molar-refractivity contribution in [2.45, 2.75) is 56.3 Å². The number of nitrogens with one attached hydrogen (secondary N) is 4. The number of rotatable bonds is 8. The Morgan fingerprint density at radius 3 is 1.89 bits per heavy atom. The van der Waals surface area contributed by atoms with Crippen molar-refractivity contribution in [1.29, 1.82) is 0 Å². The number of thiophene rings is 1. The molecule has 0 spiro atoms. The number of carbonyl (C=O) groups is 5. The highest BCUT2D eigenvalue weighted by Crippen LogP contribution is 2.25. The normalized spacial score (nSPS) is 20.3. The average molecular weight is 759 g/mol. The van der Waals surface area contributed by atoms with Gasteiger partial charge >= 0.3 is 5.97 Å². The molecule has 0 fully saturated rings. The summed E-state index contributed by atoms with van der Waals surface area (Å²) in [6, 6.07) is 31.9. The summed E-state index contributed by atoms with van der Waals surface area (Å²) in [5.41, 5.74) is 4.05. The molecule has 5 N–H and O–H groups in total. The van der Waals surface area contributed by atoms with E-state index in [9.17, 15) is 29.1 Å². The van der Waals surface area contributed by atoms with Crippen LogP contribution >= 0.6 is 11.3 Å². The van der Waals surface area contributed by atoms with Gasteiger partial charge in [-0.2, -0.15) is 0 Å². The second-order valence-electron chi connectivity index (χ2n) is 13.5. The van der Waals surface area contributed by atoms with Crippen LogP contribution in [0.3, 0.4) is 0 Å². The van der Waals surface area contributed by atoms with E-state index in [0.29, 0.717) is 11.3 Å². The van der Waals surface area contributed by atoms with Gasteiger partial charge in [0.1, 0.15) is 29.9 Å². The quantitative estimate of drug-likeness (QED) is 0.144. The Bertz CT molecular complexity index is 2080. The van der Waals surface area contributed by atoms with Gasteiger partial charge in [0.05, 0.1) is 0 Å². The highest BCUT2D eigenvalue weighted by molar-refractivity contribution is 7.10. The lowest BCUT2D eigenvalue weighted by molar-refractivity contribution is -0.142. The Morgan fingerprint density at radius 2 is 1.27 bits per heavy atom. The van der Waals surface area contributed by atoms with E-state index in [1.807, 2.05) is 85.1 Å². The average Bonchev–Trinajstić information content (AvgIpc) is 3.75. The lowest BCUT2D eigenvalue weighted by Gasteiger charge is -2.28. The first-order valence-electron chi connectivity index (χ1n) is 18.0. The van der Waals surface area contributed by atoms with Crippen molar-refractivity contribution in [2.24, 2.45) is 0 Å². The van der Waals surface area contributed by atoms with Crippen LogP contribution in [0, 0.1) is 0 Å². The molecule has 0 saturated heterocycles. The summed E-state index contributed by atoms with van der Waals surface area (Å²) in [6.07, 6.45) is 0.0559. The molecule has 1 aromatic heterocycles. The van der Waals surface area contributed by atoms with Crippen LogP contribution in [-0.4, -0.2) is 65.5 Å². The van der Waals surface area contributed by atoms with E-state index in [0.717, 1.165) is 27.1 Å². The molecule has 7 rings (SSSR count). The van der Waals surface area contributed by atoms with Gasteiger partial charge in [-0.15, -0.1) is 11.3 Å². The number of fused-ring (bicyclic) bond motifs is 16. The number of ether oxygens (including phenoxy) is 1. The number of hydrogen-bond donors (Lipinski definition) is 5. The van der Waals surface area contributed by atoms with Crippen molar-refractivity contribution in [1.82, 2.24) is 21.3 Å². The van der Waals surface area contributed by atoms with Gasteiger partial charge in [-0.3, -0.25) is 19.2 Å². The molecule has 5 unspecified atom stereocenters. The lowest BCUT2D eigenvalue weighted by atomic mass is 9.97. The molecule has 5 atom stereocenters. The van der Waals surface area contributed by atoms with Crippen molar-refractivity contribution in [2.75, 3.05) is 6.61 Å². The van der Waals surface area contributed by atoms with Gasteiger partial charge in [-0.05, 0) is 51.4 Å². The maximum Gasteiger partial charge on any atom is 0.326 e. The molecule has 55 heavy (non-hydrogen) atoms. The summed E-state index contributed by atoms with van der Waals surface area (Å²) in [7, 11) is 0. The fourth-order valence-corrected chi connectivity index (χ4v) is 7.25. The van der Waals surface area contributed by atoms with E-state index < -0.39 is 66.3 Å². The van der Waals surface area contributed by atoms with Crippen molar-refractivity contribution < 1.29 is 33.8 Å². The Labute approximate surface area is 323 Å². The summed E-state index contributed by atoms with van der Waals surface area (Å²) in [4.78, 5) is 69.2. The molecule has 4 aromatic carbocycles. The first-order valence-corrected chi connectivity index (χ1v) is 18.9. The molecule has 0 saturated carbocycles. The first-order chi connectivity index (χ1) is 26.6. The summed E-state index contributed by atoms with van der Waals surface area (Å²) in [5, 5.41) is 23.1. The molecule has 5 aromatic rings. The number of hydrogen-bond acceptors (Lipinski definition) is 7. The standard InChI is InChI=1S/C43H42N4O7S/c1-27(37-13-8-22-55-37)39-42(51)45-35(24-29-14-18-32(19-15-29)31-11-6-3-7-12-31)40(49)44-34(23-28-9-4-2-5-10-28)41(50)46-36(43(52)53)25-30-16-20-33(21-17-30)54-26-38(48)47-39/h2-22,27,34-36,39H,23-26H2,1H3,(H,44,49)(H,45,51)(H,46,50)(H,47,48)(H,52,53). The third-order valence-corrected chi connectivity index (χ3v) is 10.6. The zero-order valence-electron chi connectivity index (χ0n) is 30.1. The van der Waals surface area contributed by atoms with Crippen LogP contribution in [0.1, 0.15) is 34.4 Å². The third kappa shape index (κ3) is 10.5. The number of amides is 4. The predicted molar refractivity (Wildman–Crippen MR) is 209 cm³/mol. The number of carboxylic acids is 1. The molecule has 2 bridgehead atoms. The Hall–Kier alpha value is -6.27. The molecular formula is C43H42N4O7S. The van der Waals surface area contributed by atoms with Crippen LogP contribution in [0.2, 0.25) is 0 Å². The predicted octanol–water partition coefficient (Wildman–Crippen LogP) is 4.66. The van der Waals surface area contributed by atoms with E-state index in [1.54, 1.807) is 48.5 Å². The van der Waals surface area contributed by atoms with Gasteiger partial charge in [0.15, 0.2) is 6.61 Å². The third-order valence-electron chi connectivity index (χ3n) is 9.49. The minimum atomic E-state index is -1.32. The zero-order valence-corrected chi connectivity index (χ0v) is 31.0. The highest BCUT2D eigenvalue weighted by atomic mass is 32.1. The fraction of sp³-hybridized carbons (Fsp3) is 0.233. The number of aliphatic carboxylic acids is 1. The first kappa shape index (κ1) is 38.5. The maximum absolute atomic E-state index is 14.4. The Kier molecular flexibility index (Phi) is 12.7. The molecule has 4 amide bonds. The smallest absolute Gasteiger partial charge is 0.326 e. The molecule has 2 aliphatic heterocycles. The van der Waals surface area contributed by atoms with Crippen LogP contribution < -0.4 is 26.0 Å². The van der Waals surface area contributed by atoms with Crippen LogP contribution in [0.4, 0.5) is 0 Å².